The number of carbonyl (C=O) groups excluding carboxylic acids is 1. The number of carbonyl (C=O) groups is 1. The summed E-state index contributed by atoms with van der Waals surface area (Å²) < 4.78 is 10.5. The van der Waals surface area contributed by atoms with Crippen LogP contribution in [-0.4, -0.2) is 19.7 Å². The number of ether oxygens (including phenoxy) is 2. The van der Waals surface area contributed by atoms with E-state index in [9.17, 15) is 4.79 Å². The molecule has 0 bridgehead atoms. The molecule has 0 saturated carbocycles. The predicted molar refractivity (Wildman–Crippen MR) is 96.8 cm³/mol. The lowest BCUT2D eigenvalue weighted by Crippen LogP contribution is -2.08. The van der Waals surface area contributed by atoms with Gasteiger partial charge in [0.25, 0.3) is 0 Å². The molecule has 0 amide bonds. The van der Waals surface area contributed by atoms with Crippen LogP contribution in [0.2, 0.25) is 0 Å². The summed E-state index contributed by atoms with van der Waals surface area (Å²) in [4.78, 5) is 12.0. The van der Waals surface area contributed by atoms with Crippen molar-refractivity contribution in [2.24, 2.45) is 0 Å². The van der Waals surface area contributed by atoms with E-state index in [-0.39, 0.29) is 11.3 Å². The average molecular weight is 347 g/mol. The molecule has 128 valence electrons. The van der Waals surface area contributed by atoms with E-state index < -0.39 is 0 Å². The number of unbranched alkanes of at least 4 members (excludes halogenated alkanes) is 2. The second kappa shape index (κ2) is 9.99. The number of benzene rings is 2. The quantitative estimate of drug-likeness (QED) is 0.347. The van der Waals surface area contributed by atoms with Gasteiger partial charge in [0.15, 0.2) is 0 Å². The van der Waals surface area contributed by atoms with Gasteiger partial charge >= 0.3 is 5.97 Å². The number of hydrogen-bond donors (Lipinski definition) is 0. The molecule has 0 radical (unpaired) electrons. The molecule has 0 aliphatic carbocycles. The zero-order valence-corrected chi connectivity index (χ0v) is 14.7. The first kappa shape index (κ1) is 18.3. The Bertz CT molecular complexity index is 628. The first-order valence-electron chi connectivity index (χ1n) is 8.21. The number of methoxy groups -OCH3 is 1. The number of halogens is 1. The van der Waals surface area contributed by atoms with E-state index in [1.54, 1.807) is 25.3 Å². The Kier molecular flexibility index (Phi) is 7.63. The van der Waals surface area contributed by atoms with Crippen LogP contribution in [0, 0.1) is 0 Å². The van der Waals surface area contributed by atoms with Crippen molar-refractivity contribution in [2.45, 2.75) is 31.1 Å². The van der Waals surface area contributed by atoms with Crippen LogP contribution < -0.4 is 4.74 Å². The molecule has 1 atom stereocenters. The Morgan fingerprint density at radius 1 is 1.00 bits per heavy atom. The number of esters is 1. The minimum Gasteiger partial charge on any atom is -0.496 e. The van der Waals surface area contributed by atoms with Crippen LogP contribution in [0.1, 0.15) is 47.0 Å². The van der Waals surface area contributed by atoms with E-state index in [4.69, 9.17) is 21.1 Å². The minimum atomic E-state index is -0.341. The Hall–Kier alpha value is -2.00. The maximum atomic E-state index is 12.0. The third-order valence-corrected chi connectivity index (χ3v) is 4.29. The highest BCUT2D eigenvalue weighted by atomic mass is 35.5. The van der Waals surface area contributed by atoms with Crippen molar-refractivity contribution >= 4 is 17.6 Å². The molecule has 0 saturated heterocycles. The molecule has 2 aromatic rings. The fraction of sp³-hybridized carbons (Fsp3) is 0.350. The van der Waals surface area contributed by atoms with Gasteiger partial charge in [0.05, 0.1) is 19.1 Å². The Balaban J connectivity index is 1.64. The standard InChI is InChI=1S/C20H23ClO3/c1-23-19-14-8-7-12-17(19)20(22)24-15-9-3-6-13-18(21)16-10-4-2-5-11-16/h2,4-5,7-8,10-12,14,18H,3,6,9,13,15H2,1H3. The van der Waals surface area contributed by atoms with E-state index in [0.29, 0.717) is 17.9 Å². The molecule has 0 heterocycles. The van der Waals surface area contributed by atoms with Crippen LogP contribution in [0.5, 0.6) is 5.75 Å². The molecular formula is C20H23ClO3. The van der Waals surface area contributed by atoms with Crippen molar-refractivity contribution in [1.82, 2.24) is 0 Å². The molecule has 0 aliphatic heterocycles. The SMILES string of the molecule is COc1ccccc1C(=O)OCCCCCC(Cl)c1ccccc1. The van der Waals surface area contributed by atoms with Gasteiger partial charge in [0.1, 0.15) is 11.3 Å². The summed E-state index contributed by atoms with van der Waals surface area (Å²) in [5, 5.41) is 0.0438. The highest BCUT2D eigenvalue weighted by Crippen LogP contribution is 2.26. The average Bonchev–Trinajstić information content (AvgIpc) is 2.64. The summed E-state index contributed by atoms with van der Waals surface area (Å²) in [7, 11) is 1.54. The van der Waals surface area contributed by atoms with E-state index in [2.05, 4.69) is 0 Å². The van der Waals surface area contributed by atoms with Gasteiger partial charge in [-0.15, -0.1) is 11.6 Å². The zero-order valence-electron chi connectivity index (χ0n) is 13.9. The molecule has 0 N–H and O–H groups in total. The lowest BCUT2D eigenvalue weighted by molar-refractivity contribution is 0.0494. The van der Waals surface area contributed by atoms with Gasteiger partial charge in [-0.3, -0.25) is 0 Å². The number of alkyl halides is 1. The van der Waals surface area contributed by atoms with Gasteiger partial charge in [-0.2, -0.15) is 0 Å². The molecule has 0 fully saturated rings. The van der Waals surface area contributed by atoms with Crippen molar-refractivity contribution in [1.29, 1.82) is 0 Å². The lowest BCUT2D eigenvalue weighted by Gasteiger charge is -2.10. The minimum absolute atomic E-state index is 0.0438. The van der Waals surface area contributed by atoms with Crippen LogP contribution in [0.3, 0.4) is 0 Å². The van der Waals surface area contributed by atoms with Gasteiger partial charge in [-0.25, -0.2) is 4.79 Å². The molecule has 2 rings (SSSR count). The normalized spacial score (nSPS) is 11.8. The second-order valence-electron chi connectivity index (χ2n) is 5.56. The van der Waals surface area contributed by atoms with Crippen LogP contribution in [0.4, 0.5) is 0 Å². The Morgan fingerprint density at radius 2 is 1.71 bits per heavy atom. The molecule has 0 spiro atoms. The highest BCUT2D eigenvalue weighted by Gasteiger charge is 2.12. The van der Waals surface area contributed by atoms with Crippen LogP contribution >= 0.6 is 11.6 Å². The molecular weight excluding hydrogens is 324 g/mol. The van der Waals surface area contributed by atoms with Crippen molar-refractivity contribution in [2.75, 3.05) is 13.7 Å². The van der Waals surface area contributed by atoms with Crippen molar-refractivity contribution in [3.63, 3.8) is 0 Å². The molecule has 3 nitrogen and oxygen atoms in total. The van der Waals surface area contributed by atoms with Crippen LogP contribution in [0.15, 0.2) is 54.6 Å². The molecule has 0 aromatic heterocycles. The molecule has 0 aliphatic rings. The van der Waals surface area contributed by atoms with Crippen molar-refractivity contribution < 1.29 is 14.3 Å². The first-order chi connectivity index (χ1) is 11.7. The maximum Gasteiger partial charge on any atom is 0.341 e. The van der Waals surface area contributed by atoms with Crippen molar-refractivity contribution in [3.05, 3.63) is 65.7 Å². The number of hydrogen-bond acceptors (Lipinski definition) is 3. The fourth-order valence-electron chi connectivity index (χ4n) is 2.49. The van der Waals surface area contributed by atoms with E-state index in [1.807, 2.05) is 36.4 Å². The Morgan fingerprint density at radius 3 is 2.46 bits per heavy atom. The van der Waals surface area contributed by atoms with Crippen molar-refractivity contribution in [3.8, 4) is 5.75 Å². The highest BCUT2D eigenvalue weighted by molar-refractivity contribution is 6.20. The van der Waals surface area contributed by atoms with E-state index in [0.717, 1.165) is 31.2 Å². The molecule has 4 heteroatoms. The summed E-state index contributed by atoms with van der Waals surface area (Å²) >= 11 is 6.38. The zero-order chi connectivity index (χ0) is 17.2. The largest absolute Gasteiger partial charge is 0.496 e. The molecule has 1 unspecified atom stereocenters. The van der Waals surface area contributed by atoms with Crippen LogP contribution in [0.25, 0.3) is 0 Å². The molecule has 2 aromatic carbocycles. The van der Waals surface area contributed by atoms with Gasteiger partial charge < -0.3 is 9.47 Å². The second-order valence-corrected chi connectivity index (χ2v) is 6.09. The fourth-order valence-corrected chi connectivity index (χ4v) is 2.79. The smallest absolute Gasteiger partial charge is 0.341 e. The van der Waals surface area contributed by atoms with E-state index in [1.165, 1.54) is 0 Å². The first-order valence-corrected chi connectivity index (χ1v) is 8.65. The van der Waals surface area contributed by atoms with Gasteiger partial charge in [0, 0.05) is 0 Å². The summed E-state index contributed by atoms with van der Waals surface area (Å²) in [6, 6.07) is 17.2. The summed E-state index contributed by atoms with van der Waals surface area (Å²) in [5.74, 6) is 0.197. The molecule has 24 heavy (non-hydrogen) atoms. The van der Waals surface area contributed by atoms with Gasteiger partial charge in [-0.1, -0.05) is 55.3 Å². The van der Waals surface area contributed by atoms with E-state index >= 15 is 0 Å². The summed E-state index contributed by atoms with van der Waals surface area (Å²) in [5.41, 5.74) is 1.62. The number of para-hydroxylation sites is 1. The van der Waals surface area contributed by atoms with Crippen LogP contribution in [-0.2, 0) is 4.74 Å². The third kappa shape index (κ3) is 5.57. The number of rotatable bonds is 9. The summed E-state index contributed by atoms with van der Waals surface area (Å²) in [6.07, 6.45) is 3.75. The van der Waals surface area contributed by atoms with Gasteiger partial charge in [0.2, 0.25) is 0 Å². The Labute approximate surface area is 148 Å². The van der Waals surface area contributed by atoms with Gasteiger partial charge in [-0.05, 0) is 30.5 Å². The lowest BCUT2D eigenvalue weighted by atomic mass is 10.1. The monoisotopic (exact) mass is 346 g/mol. The topological polar surface area (TPSA) is 35.5 Å². The maximum absolute atomic E-state index is 12.0. The summed E-state index contributed by atoms with van der Waals surface area (Å²) in [6.45, 7) is 0.412. The predicted octanol–water partition coefficient (Wildman–Crippen LogP) is 5.39. The third-order valence-electron chi connectivity index (χ3n) is 3.82.